The van der Waals surface area contributed by atoms with Crippen LogP contribution in [0.5, 0.6) is 0 Å². The van der Waals surface area contributed by atoms with Crippen molar-refractivity contribution in [3.8, 4) is 0 Å². The van der Waals surface area contributed by atoms with Crippen LogP contribution in [0.4, 0.5) is 0 Å². The van der Waals surface area contributed by atoms with E-state index in [9.17, 15) is 0 Å². The SMILES string of the molecule is CCCCCC(C)NCC1CCOC1. The number of nitrogens with one attached hydrogen (secondary N) is 1. The molecule has 1 aliphatic heterocycles. The first-order valence-corrected chi connectivity index (χ1v) is 6.14. The predicted molar refractivity (Wildman–Crippen MR) is 60.5 cm³/mol. The Kier molecular flexibility index (Phi) is 6.20. The van der Waals surface area contributed by atoms with Gasteiger partial charge in [0.1, 0.15) is 0 Å². The molecule has 2 unspecified atom stereocenters. The Morgan fingerprint density at radius 1 is 1.43 bits per heavy atom. The molecule has 1 rings (SSSR count). The van der Waals surface area contributed by atoms with E-state index in [0.717, 1.165) is 25.7 Å². The summed E-state index contributed by atoms with van der Waals surface area (Å²) in [5.41, 5.74) is 0. The summed E-state index contributed by atoms with van der Waals surface area (Å²) in [4.78, 5) is 0. The molecule has 1 aliphatic rings. The van der Waals surface area contributed by atoms with Crippen molar-refractivity contribution in [3.63, 3.8) is 0 Å². The van der Waals surface area contributed by atoms with Crippen LogP contribution in [0, 0.1) is 5.92 Å². The van der Waals surface area contributed by atoms with Gasteiger partial charge in [-0.05, 0) is 25.7 Å². The van der Waals surface area contributed by atoms with E-state index in [2.05, 4.69) is 19.2 Å². The molecule has 0 aliphatic carbocycles. The Morgan fingerprint density at radius 2 is 2.29 bits per heavy atom. The van der Waals surface area contributed by atoms with Crippen molar-refractivity contribution in [3.05, 3.63) is 0 Å². The number of hydrogen-bond donors (Lipinski definition) is 1. The number of rotatable bonds is 7. The second kappa shape index (κ2) is 7.24. The first-order valence-electron chi connectivity index (χ1n) is 6.14. The fourth-order valence-electron chi connectivity index (χ4n) is 1.91. The van der Waals surface area contributed by atoms with Crippen molar-refractivity contribution in [2.24, 2.45) is 5.92 Å². The Labute approximate surface area is 88.4 Å². The first kappa shape index (κ1) is 12.0. The molecular formula is C12H25NO. The predicted octanol–water partition coefficient (Wildman–Crippen LogP) is 2.58. The molecule has 0 spiro atoms. The number of hydrogen-bond acceptors (Lipinski definition) is 2. The lowest BCUT2D eigenvalue weighted by atomic mass is 10.1. The van der Waals surface area contributed by atoms with E-state index in [4.69, 9.17) is 4.74 Å². The molecule has 0 aromatic carbocycles. The topological polar surface area (TPSA) is 21.3 Å². The summed E-state index contributed by atoms with van der Waals surface area (Å²) in [6.07, 6.45) is 6.63. The normalized spacial score (nSPS) is 24.0. The molecule has 2 heteroatoms. The zero-order valence-corrected chi connectivity index (χ0v) is 9.72. The fraction of sp³-hybridized carbons (Fsp3) is 1.00. The smallest absolute Gasteiger partial charge is 0.0507 e. The standard InChI is InChI=1S/C12H25NO/c1-3-4-5-6-11(2)13-9-12-7-8-14-10-12/h11-13H,3-10H2,1-2H3. The van der Waals surface area contributed by atoms with Crippen LogP contribution in [0.15, 0.2) is 0 Å². The summed E-state index contributed by atoms with van der Waals surface area (Å²) in [5, 5.41) is 3.60. The molecule has 1 saturated heterocycles. The van der Waals surface area contributed by atoms with Crippen molar-refractivity contribution < 1.29 is 4.74 Å². The van der Waals surface area contributed by atoms with Gasteiger partial charge in [-0.25, -0.2) is 0 Å². The molecule has 1 heterocycles. The number of ether oxygens (including phenoxy) is 1. The van der Waals surface area contributed by atoms with Crippen LogP contribution in [-0.2, 0) is 4.74 Å². The molecule has 84 valence electrons. The molecule has 0 amide bonds. The average molecular weight is 199 g/mol. The van der Waals surface area contributed by atoms with E-state index in [-0.39, 0.29) is 0 Å². The summed E-state index contributed by atoms with van der Waals surface area (Å²) in [5.74, 6) is 0.767. The average Bonchev–Trinajstić information content (AvgIpc) is 2.68. The van der Waals surface area contributed by atoms with Crippen LogP contribution in [-0.4, -0.2) is 25.8 Å². The van der Waals surface area contributed by atoms with Gasteiger partial charge in [0.25, 0.3) is 0 Å². The molecule has 2 atom stereocenters. The third-order valence-electron chi connectivity index (χ3n) is 3.02. The van der Waals surface area contributed by atoms with E-state index in [1.807, 2.05) is 0 Å². The molecular weight excluding hydrogens is 174 g/mol. The molecule has 0 radical (unpaired) electrons. The molecule has 0 aromatic heterocycles. The van der Waals surface area contributed by atoms with E-state index in [0.29, 0.717) is 6.04 Å². The summed E-state index contributed by atoms with van der Waals surface area (Å²) >= 11 is 0. The van der Waals surface area contributed by atoms with Gasteiger partial charge in [0, 0.05) is 19.2 Å². The highest BCUT2D eigenvalue weighted by molar-refractivity contribution is 4.69. The van der Waals surface area contributed by atoms with E-state index >= 15 is 0 Å². The second-order valence-electron chi connectivity index (χ2n) is 4.53. The molecule has 14 heavy (non-hydrogen) atoms. The molecule has 0 saturated carbocycles. The van der Waals surface area contributed by atoms with Crippen molar-refractivity contribution in [2.45, 2.75) is 52.0 Å². The molecule has 0 bridgehead atoms. The Balaban J connectivity index is 1.93. The lowest BCUT2D eigenvalue weighted by Crippen LogP contribution is -2.31. The van der Waals surface area contributed by atoms with E-state index in [1.54, 1.807) is 0 Å². The Morgan fingerprint density at radius 3 is 2.93 bits per heavy atom. The lowest BCUT2D eigenvalue weighted by Gasteiger charge is -2.16. The lowest BCUT2D eigenvalue weighted by molar-refractivity contribution is 0.184. The minimum Gasteiger partial charge on any atom is -0.381 e. The minimum atomic E-state index is 0.683. The molecule has 1 N–H and O–H groups in total. The first-order chi connectivity index (χ1) is 6.83. The van der Waals surface area contributed by atoms with Crippen molar-refractivity contribution >= 4 is 0 Å². The maximum atomic E-state index is 5.35. The molecule has 0 aromatic rings. The van der Waals surface area contributed by atoms with E-state index in [1.165, 1.54) is 32.1 Å². The van der Waals surface area contributed by atoms with Crippen molar-refractivity contribution in [1.29, 1.82) is 0 Å². The van der Waals surface area contributed by atoms with Gasteiger partial charge in [-0.15, -0.1) is 0 Å². The van der Waals surface area contributed by atoms with Gasteiger partial charge in [-0.2, -0.15) is 0 Å². The van der Waals surface area contributed by atoms with Crippen LogP contribution in [0.3, 0.4) is 0 Å². The van der Waals surface area contributed by atoms with Gasteiger partial charge >= 0.3 is 0 Å². The maximum Gasteiger partial charge on any atom is 0.0507 e. The van der Waals surface area contributed by atoms with Crippen molar-refractivity contribution in [2.75, 3.05) is 19.8 Å². The van der Waals surface area contributed by atoms with Gasteiger partial charge < -0.3 is 10.1 Å². The fourth-order valence-corrected chi connectivity index (χ4v) is 1.91. The monoisotopic (exact) mass is 199 g/mol. The van der Waals surface area contributed by atoms with Gasteiger partial charge in [-0.1, -0.05) is 26.2 Å². The quantitative estimate of drug-likeness (QED) is 0.636. The number of unbranched alkanes of at least 4 members (excludes halogenated alkanes) is 2. The summed E-state index contributed by atoms with van der Waals surface area (Å²) < 4.78 is 5.35. The van der Waals surface area contributed by atoms with Crippen molar-refractivity contribution in [1.82, 2.24) is 5.32 Å². The summed E-state index contributed by atoms with van der Waals surface area (Å²) in [6, 6.07) is 0.683. The third-order valence-corrected chi connectivity index (χ3v) is 3.02. The molecule has 1 fully saturated rings. The van der Waals surface area contributed by atoms with Gasteiger partial charge in [0.2, 0.25) is 0 Å². The third kappa shape index (κ3) is 4.97. The highest BCUT2D eigenvalue weighted by Crippen LogP contribution is 2.11. The maximum absolute atomic E-state index is 5.35. The van der Waals surface area contributed by atoms with Crippen LogP contribution < -0.4 is 5.32 Å². The minimum absolute atomic E-state index is 0.683. The summed E-state index contributed by atoms with van der Waals surface area (Å²) in [7, 11) is 0. The van der Waals surface area contributed by atoms with Gasteiger partial charge in [0.15, 0.2) is 0 Å². The zero-order valence-electron chi connectivity index (χ0n) is 9.72. The van der Waals surface area contributed by atoms with E-state index < -0.39 is 0 Å². The van der Waals surface area contributed by atoms with Crippen LogP contribution >= 0.6 is 0 Å². The Hall–Kier alpha value is -0.0800. The zero-order chi connectivity index (χ0) is 10.2. The van der Waals surface area contributed by atoms with Crippen LogP contribution in [0.1, 0.15) is 46.0 Å². The van der Waals surface area contributed by atoms with Crippen LogP contribution in [0.2, 0.25) is 0 Å². The van der Waals surface area contributed by atoms with Crippen LogP contribution in [0.25, 0.3) is 0 Å². The van der Waals surface area contributed by atoms with Gasteiger partial charge in [-0.3, -0.25) is 0 Å². The second-order valence-corrected chi connectivity index (χ2v) is 4.53. The highest BCUT2D eigenvalue weighted by atomic mass is 16.5. The Bertz CT molecular complexity index is 132. The van der Waals surface area contributed by atoms with Gasteiger partial charge in [0.05, 0.1) is 6.61 Å². The highest BCUT2D eigenvalue weighted by Gasteiger charge is 2.15. The molecule has 2 nitrogen and oxygen atoms in total. The summed E-state index contributed by atoms with van der Waals surface area (Å²) in [6.45, 7) is 7.64. The largest absolute Gasteiger partial charge is 0.381 e.